The van der Waals surface area contributed by atoms with Crippen LogP contribution in [-0.4, -0.2) is 22.8 Å². The maximum atomic E-state index is 14.0. The lowest BCUT2D eigenvalue weighted by Crippen LogP contribution is -2.12. The number of nitrogens with two attached hydrogens (primary N) is 1. The van der Waals surface area contributed by atoms with E-state index in [4.69, 9.17) is 14.9 Å². The van der Waals surface area contributed by atoms with E-state index in [1.54, 1.807) is 25.3 Å². The van der Waals surface area contributed by atoms with Gasteiger partial charge >= 0.3 is 0 Å². The first-order chi connectivity index (χ1) is 12.0. The molecule has 2 unspecified atom stereocenters. The maximum absolute atomic E-state index is 14.0. The highest BCUT2D eigenvalue weighted by molar-refractivity contribution is 5.69. The Bertz CT molecular complexity index is 845. The first kappa shape index (κ1) is 16.6. The summed E-state index contributed by atoms with van der Waals surface area (Å²) < 4.78 is 25.0. The van der Waals surface area contributed by atoms with Crippen molar-refractivity contribution in [1.82, 2.24) is 15.6 Å². The fraction of sp³-hybridized carbons (Fsp3) is 0.250. The van der Waals surface area contributed by atoms with Crippen LogP contribution < -0.4 is 15.9 Å². The standard InChI is InChI=1S/C16H17FN6O2/c1-9-5-15(25-14-4-3-11(18)6-13(14)17)19-8-21-20-7-12(9)16-23-22-10(2)24-16/h3-9,12H,18H2,1-2H3,(H,19,21). The summed E-state index contributed by atoms with van der Waals surface area (Å²) in [6, 6.07) is 4.18. The molecule has 2 atom stereocenters. The first-order valence-corrected chi connectivity index (χ1v) is 7.59. The van der Waals surface area contributed by atoms with E-state index in [1.165, 1.54) is 18.5 Å². The fourth-order valence-corrected chi connectivity index (χ4v) is 2.26. The van der Waals surface area contributed by atoms with Crippen molar-refractivity contribution in [2.24, 2.45) is 16.0 Å². The third-order valence-corrected chi connectivity index (χ3v) is 3.53. The number of nitrogens with zero attached hydrogens (tertiary/aromatic N) is 4. The van der Waals surface area contributed by atoms with Crippen LogP contribution in [0.1, 0.15) is 24.6 Å². The van der Waals surface area contributed by atoms with E-state index >= 15 is 0 Å². The van der Waals surface area contributed by atoms with Crippen LogP contribution >= 0.6 is 0 Å². The Morgan fingerprint density at radius 3 is 2.88 bits per heavy atom. The molecule has 0 radical (unpaired) electrons. The highest BCUT2D eigenvalue weighted by atomic mass is 19.1. The smallest absolute Gasteiger partial charge is 0.225 e. The van der Waals surface area contributed by atoms with Crippen LogP contribution in [0, 0.1) is 18.7 Å². The second-order valence-corrected chi connectivity index (χ2v) is 5.51. The first-order valence-electron chi connectivity index (χ1n) is 7.59. The van der Waals surface area contributed by atoms with Crippen molar-refractivity contribution in [3.8, 4) is 5.75 Å². The minimum atomic E-state index is -0.572. The number of rotatable bonds is 3. The monoisotopic (exact) mass is 344 g/mol. The second kappa shape index (κ2) is 7.12. The van der Waals surface area contributed by atoms with Crippen molar-refractivity contribution in [3.63, 3.8) is 0 Å². The largest absolute Gasteiger partial charge is 0.436 e. The number of hydrogen-bond acceptors (Lipinski definition) is 8. The zero-order valence-electron chi connectivity index (χ0n) is 13.7. The number of allylic oxidation sites excluding steroid dienone is 1. The van der Waals surface area contributed by atoms with Crippen LogP contribution in [0.3, 0.4) is 0 Å². The minimum Gasteiger partial charge on any atom is -0.436 e. The molecule has 2 heterocycles. The lowest BCUT2D eigenvalue weighted by atomic mass is 9.95. The van der Waals surface area contributed by atoms with E-state index in [0.717, 1.165) is 0 Å². The highest BCUT2D eigenvalue weighted by Gasteiger charge is 2.23. The molecule has 0 spiro atoms. The SMILES string of the molecule is Cc1nnc(C2C=NNC=NC(Oc3ccc(N)cc3F)=CC2C)o1. The van der Waals surface area contributed by atoms with Crippen molar-refractivity contribution in [2.45, 2.75) is 19.8 Å². The minimum absolute atomic E-state index is 0.0233. The Morgan fingerprint density at radius 1 is 1.32 bits per heavy atom. The molecule has 9 heteroatoms. The predicted molar refractivity (Wildman–Crippen MR) is 90.6 cm³/mol. The summed E-state index contributed by atoms with van der Waals surface area (Å²) in [5.74, 6) is 0.107. The molecule has 3 N–H and O–H groups in total. The van der Waals surface area contributed by atoms with Gasteiger partial charge in [0.1, 0.15) is 6.34 Å². The number of nitrogen functional groups attached to an aromatic ring is 1. The van der Waals surface area contributed by atoms with Crippen LogP contribution in [0.15, 0.2) is 44.7 Å². The molecule has 25 heavy (non-hydrogen) atoms. The molecule has 1 aromatic carbocycles. The van der Waals surface area contributed by atoms with Crippen LogP contribution in [0.4, 0.5) is 10.1 Å². The molecule has 2 aromatic rings. The number of halogens is 1. The maximum Gasteiger partial charge on any atom is 0.225 e. The van der Waals surface area contributed by atoms with Gasteiger partial charge in [0.05, 0.1) is 5.92 Å². The van der Waals surface area contributed by atoms with Crippen LogP contribution in [0.5, 0.6) is 5.75 Å². The molecule has 0 saturated carbocycles. The van der Waals surface area contributed by atoms with Crippen LogP contribution in [-0.2, 0) is 0 Å². The van der Waals surface area contributed by atoms with Crippen molar-refractivity contribution in [3.05, 3.63) is 47.8 Å². The van der Waals surface area contributed by atoms with Gasteiger partial charge in [-0.05, 0) is 24.1 Å². The number of hydrogen-bond donors (Lipinski definition) is 2. The Kier molecular flexibility index (Phi) is 4.73. The number of anilines is 1. The van der Waals surface area contributed by atoms with E-state index in [1.807, 2.05) is 6.92 Å². The fourth-order valence-electron chi connectivity index (χ4n) is 2.26. The molecule has 0 aliphatic carbocycles. The molecule has 3 rings (SSSR count). The van der Waals surface area contributed by atoms with Crippen molar-refractivity contribution < 1.29 is 13.5 Å². The van der Waals surface area contributed by atoms with E-state index in [0.29, 0.717) is 17.5 Å². The van der Waals surface area contributed by atoms with Gasteiger partial charge in [0.25, 0.3) is 0 Å². The second-order valence-electron chi connectivity index (χ2n) is 5.51. The molecular weight excluding hydrogens is 327 g/mol. The number of nitrogens with one attached hydrogen (secondary N) is 1. The molecule has 0 bridgehead atoms. The van der Waals surface area contributed by atoms with Gasteiger partial charge in [-0.15, -0.1) is 10.2 Å². The zero-order valence-corrected chi connectivity index (χ0v) is 13.7. The molecule has 1 aliphatic heterocycles. The Morgan fingerprint density at radius 2 is 2.16 bits per heavy atom. The molecule has 0 fully saturated rings. The van der Waals surface area contributed by atoms with Crippen LogP contribution in [0.25, 0.3) is 0 Å². The van der Waals surface area contributed by atoms with Gasteiger partial charge < -0.3 is 14.9 Å². The average Bonchev–Trinajstić information content (AvgIpc) is 3.01. The van der Waals surface area contributed by atoms with E-state index in [-0.39, 0.29) is 23.5 Å². The predicted octanol–water partition coefficient (Wildman–Crippen LogP) is 2.36. The molecule has 130 valence electrons. The Labute approximate surface area is 143 Å². The quantitative estimate of drug-likeness (QED) is 0.827. The number of ether oxygens (including phenoxy) is 1. The topological polar surface area (TPSA) is 111 Å². The Hall–Kier alpha value is -3.23. The third-order valence-electron chi connectivity index (χ3n) is 3.53. The van der Waals surface area contributed by atoms with E-state index < -0.39 is 5.82 Å². The van der Waals surface area contributed by atoms with Crippen molar-refractivity contribution in [1.29, 1.82) is 0 Å². The summed E-state index contributed by atoms with van der Waals surface area (Å²) in [6.07, 6.45) is 4.72. The van der Waals surface area contributed by atoms with Gasteiger partial charge in [0, 0.05) is 24.9 Å². The lowest BCUT2D eigenvalue weighted by molar-refractivity contribution is 0.382. The summed E-state index contributed by atoms with van der Waals surface area (Å²) in [4.78, 5) is 4.11. The van der Waals surface area contributed by atoms with E-state index in [2.05, 4.69) is 25.7 Å². The normalized spacial score (nSPS) is 20.2. The zero-order chi connectivity index (χ0) is 17.8. The van der Waals surface area contributed by atoms with Gasteiger partial charge in [-0.2, -0.15) is 5.10 Å². The summed E-state index contributed by atoms with van der Waals surface area (Å²) >= 11 is 0. The van der Waals surface area contributed by atoms with E-state index in [9.17, 15) is 4.39 Å². The molecule has 8 nitrogen and oxygen atoms in total. The van der Waals surface area contributed by atoms with Crippen molar-refractivity contribution >= 4 is 18.2 Å². The number of aromatic nitrogens is 2. The van der Waals surface area contributed by atoms with Crippen molar-refractivity contribution in [2.75, 3.05) is 5.73 Å². The average molecular weight is 344 g/mol. The Balaban J connectivity index is 1.88. The van der Waals surface area contributed by atoms with Gasteiger partial charge in [-0.1, -0.05) is 6.92 Å². The summed E-state index contributed by atoms with van der Waals surface area (Å²) in [5.41, 5.74) is 8.50. The number of hydrazone groups is 1. The highest BCUT2D eigenvalue weighted by Crippen LogP contribution is 2.27. The summed E-state index contributed by atoms with van der Waals surface area (Å²) in [5, 5.41) is 11.9. The lowest BCUT2D eigenvalue weighted by Gasteiger charge is -2.14. The summed E-state index contributed by atoms with van der Waals surface area (Å²) in [7, 11) is 0. The molecular formula is C16H17FN6O2. The molecule has 1 aromatic heterocycles. The molecule has 0 amide bonds. The number of benzene rings is 1. The molecule has 1 aliphatic rings. The third kappa shape index (κ3) is 4.00. The number of aliphatic imine (C=N–C) groups is 1. The van der Waals surface area contributed by atoms with Gasteiger partial charge in [0.2, 0.25) is 17.7 Å². The van der Waals surface area contributed by atoms with Crippen LogP contribution in [0.2, 0.25) is 0 Å². The van der Waals surface area contributed by atoms with Gasteiger partial charge in [0.15, 0.2) is 11.6 Å². The molecule has 0 saturated heterocycles. The van der Waals surface area contributed by atoms with Gasteiger partial charge in [-0.3, -0.25) is 5.43 Å². The number of aryl methyl sites for hydroxylation is 1. The summed E-state index contributed by atoms with van der Waals surface area (Å²) in [6.45, 7) is 3.63. The van der Waals surface area contributed by atoms with Gasteiger partial charge in [-0.25, -0.2) is 9.38 Å².